The van der Waals surface area contributed by atoms with Crippen LogP contribution in [0.1, 0.15) is 43.0 Å². The van der Waals surface area contributed by atoms with E-state index in [1.54, 1.807) is 4.90 Å². The maximum Gasteiger partial charge on any atom is 0.420 e. The molecule has 1 aromatic carbocycles. The van der Waals surface area contributed by atoms with Crippen LogP contribution in [0.25, 0.3) is 0 Å². The van der Waals surface area contributed by atoms with Crippen molar-refractivity contribution in [3.05, 3.63) is 46.6 Å². The maximum atomic E-state index is 13.3. The van der Waals surface area contributed by atoms with Crippen molar-refractivity contribution >= 4 is 23.3 Å². The molecule has 1 saturated heterocycles. The zero-order valence-corrected chi connectivity index (χ0v) is 19.2. The number of hydrogen-bond donors (Lipinski definition) is 0. The Labute approximate surface area is 179 Å². The predicted molar refractivity (Wildman–Crippen MR) is 121 cm³/mol. The van der Waals surface area contributed by atoms with Crippen LogP contribution < -0.4 is 9.80 Å². The van der Waals surface area contributed by atoms with Gasteiger partial charge in [-0.15, -0.1) is 0 Å². The average molecular weight is 412 g/mol. The molecule has 0 aliphatic carbocycles. The quantitative estimate of drug-likeness (QED) is 0.693. The third-order valence-electron chi connectivity index (χ3n) is 5.34. The summed E-state index contributed by atoms with van der Waals surface area (Å²) in [4.78, 5) is 21.9. The minimum atomic E-state index is -0.611. The number of hydrogen-bond acceptors (Lipinski definition) is 5. The lowest BCUT2D eigenvalue weighted by Gasteiger charge is -2.32. The summed E-state index contributed by atoms with van der Waals surface area (Å²) in [6.07, 6.45) is 1.38. The van der Waals surface area contributed by atoms with Crippen LogP contribution in [-0.4, -0.2) is 43.0 Å². The SMILES string of the molecule is Cc1cc(N2CCOCC2)cc(N(C(=O)OC(C)(C)C)c2ncc(C)c(C)c2C)c1. The van der Waals surface area contributed by atoms with E-state index < -0.39 is 11.7 Å². The van der Waals surface area contributed by atoms with Crippen molar-refractivity contribution in [1.29, 1.82) is 0 Å². The van der Waals surface area contributed by atoms with E-state index in [0.717, 1.165) is 46.7 Å². The van der Waals surface area contributed by atoms with Gasteiger partial charge in [0.1, 0.15) is 11.4 Å². The summed E-state index contributed by atoms with van der Waals surface area (Å²) in [6.45, 7) is 16.8. The Morgan fingerprint density at radius 1 is 1.07 bits per heavy atom. The van der Waals surface area contributed by atoms with Crippen LogP contribution in [-0.2, 0) is 9.47 Å². The van der Waals surface area contributed by atoms with Crippen LogP contribution in [0.3, 0.4) is 0 Å². The molecule has 162 valence electrons. The molecule has 1 aliphatic rings. The molecule has 0 spiro atoms. The summed E-state index contributed by atoms with van der Waals surface area (Å²) in [5, 5.41) is 0. The van der Waals surface area contributed by atoms with Crippen molar-refractivity contribution in [2.24, 2.45) is 0 Å². The highest BCUT2D eigenvalue weighted by molar-refractivity contribution is 5.96. The monoisotopic (exact) mass is 411 g/mol. The Morgan fingerprint density at radius 3 is 2.37 bits per heavy atom. The molecule has 0 atom stereocenters. The average Bonchev–Trinajstić information content (AvgIpc) is 2.67. The number of pyridine rings is 1. The predicted octanol–water partition coefficient (Wildman–Crippen LogP) is 5.23. The third kappa shape index (κ3) is 4.93. The molecule has 0 N–H and O–H groups in total. The number of ether oxygens (including phenoxy) is 2. The van der Waals surface area contributed by atoms with E-state index in [9.17, 15) is 4.79 Å². The molecule has 2 aromatic rings. The van der Waals surface area contributed by atoms with Crippen LogP contribution in [0.4, 0.5) is 22.0 Å². The Hall–Kier alpha value is -2.60. The second kappa shape index (κ2) is 8.64. The molecule has 1 amide bonds. The first-order chi connectivity index (χ1) is 14.1. The Balaban J connectivity index is 2.12. The standard InChI is InChI=1S/C24H33N3O3/c1-16-12-20(26-8-10-29-11-9-26)14-21(13-16)27(23(28)30-24(5,6)7)22-19(4)18(3)17(2)15-25-22/h12-15H,8-11H2,1-7H3. The fourth-order valence-electron chi connectivity index (χ4n) is 3.54. The summed E-state index contributed by atoms with van der Waals surface area (Å²) < 4.78 is 11.3. The molecule has 3 rings (SSSR count). The van der Waals surface area contributed by atoms with Crippen molar-refractivity contribution in [3.63, 3.8) is 0 Å². The molecule has 1 aromatic heterocycles. The molecule has 1 aliphatic heterocycles. The number of rotatable bonds is 3. The summed E-state index contributed by atoms with van der Waals surface area (Å²) in [5.41, 5.74) is 5.47. The summed E-state index contributed by atoms with van der Waals surface area (Å²) in [5.74, 6) is 0.603. The minimum Gasteiger partial charge on any atom is -0.443 e. The number of nitrogens with zero attached hydrogens (tertiary/aromatic N) is 3. The highest BCUT2D eigenvalue weighted by atomic mass is 16.6. The fraction of sp³-hybridized carbons (Fsp3) is 0.500. The van der Waals surface area contributed by atoms with E-state index in [2.05, 4.69) is 22.9 Å². The lowest BCUT2D eigenvalue weighted by atomic mass is 10.1. The number of carbonyl (C=O) groups excluding carboxylic acids is 1. The van der Waals surface area contributed by atoms with Gasteiger partial charge in [-0.25, -0.2) is 14.7 Å². The van der Waals surface area contributed by atoms with Gasteiger partial charge in [0.15, 0.2) is 0 Å². The van der Waals surface area contributed by atoms with Gasteiger partial charge in [-0.2, -0.15) is 0 Å². The number of morpholine rings is 1. The van der Waals surface area contributed by atoms with E-state index in [0.29, 0.717) is 19.0 Å². The third-order valence-corrected chi connectivity index (χ3v) is 5.34. The van der Waals surface area contributed by atoms with E-state index >= 15 is 0 Å². The minimum absolute atomic E-state index is 0.431. The zero-order valence-electron chi connectivity index (χ0n) is 19.2. The topological polar surface area (TPSA) is 54.9 Å². The number of amides is 1. The largest absolute Gasteiger partial charge is 0.443 e. The molecule has 0 bridgehead atoms. The maximum absolute atomic E-state index is 13.3. The molecule has 0 radical (unpaired) electrons. The zero-order chi connectivity index (χ0) is 22.1. The van der Waals surface area contributed by atoms with Crippen molar-refractivity contribution in [3.8, 4) is 0 Å². The summed E-state index contributed by atoms with van der Waals surface area (Å²) in [7, 11) is 0. The van der Waals surface area contributed by atoms with Crippen LogP contribution in [0.2, 0.25) is 0 Å². The van der Waals surface area contributed by atoms with Crippen LogP contribution in [0.5, 0.6) is 0 Å². The van der Waals surface area contributed by atoms with E-state index in [1.807, 2.05) is 59.9 Å². The van der Waals surface area contributed by atoms with Crippen LogP contribution in [0, 0.1) is 27.7 Å². The van der Waals surface area contributed by atoms with E-state index in [1.165, 1.54) is 0 Å². The molecule has 0 unspecified atom stereocenters. The number of carbonyl (C=O) groups is 1. The van der Waals surface area contributed by atoms with Gasteiger partial charge < -0.3 is 14.4 Å². The van der Waals surface area contributed by atoms with Gasteiger partial charge in [0, 0.05) is 25.0 Å². The van der Waals surface area contributed by atoms with Gasteiger partial charge >= 0.3 is 6.09 Å². The second-order valence-electron chi connectivity index (χ2n) is 8.96. The smallest absolute Gasteiger partial charge is 0.420 e. The normalized spacial score (nSPS) is 14.6. The second-order valence-corrected chi connectivity index (χ2v) is 8.96. The number of benzene rings is 1. The lowest BCUT2D eigenvalue weighted by molar-refractivity contribution is 0.0598. The lowest BCUT2D eigenvalue weighted by Crippen LogP contribution is -2.37. The molecule has 2 heterocycles. The van der Waals surface area contributed by atoms with Gasteiger partial charge in [-0.1, -0.05) is 0 Å². The molecule has 1 fully saturated rings. The van der Waals surface area contributed by atoms with Gasteiger partial charge in [0.25, 0.3) is 0 Å². The fourth-order valence-corrected chi connectivity index (χ4v) is 3.54. The van der Waals surface area contributed by atoms with Gasteiger partial charge in [-0.3, -0.25) is 0 Å². The van der Waals surface area contributed by atoms with E-state index in [4.69, 9.17) is 9.47 Å². The summed E-state index contributed by atoms with van der Waals surface area (Å²) in [6, 6.07) is 6.19. The molecule has 30 heavy (non-hydrogen) atoms. The first-order valence-corrected chi connectivity index (χ1v) is 10.5. The first-order valence-electron chi connectivity index (χ1n) is 10.5. The number of anilines is 3. The number of aromatic nitrogens is 1. The Kier molecular flexibility index (Phi) is 6.36. The van der Waals surface area contributed by atoms with Crippen molar-refractivity contribution in [2.45, 2.75) is 54.1 Å². The molecule has 0 saturated carbocycles. The van der Waals surface area contributed by atoms with E-state index in [-0.39, 0.29) is 0 Å². The van der Waals surface area contributed by atoms with Gasteiger partial charge in [-0.05, 0) is 88.9 Å². The van der Waals surface area contributed by atoms with Crippen LogP contribution in [0.15, 0.2) is 24.4 Å². The summed E-state index contributed by atoms with van der Waals surface area (Å²) >= 11 is 0. The van der Waals surface area contributed by atoms with Crippen molar-refractivity contribution in [2.75, 3.05) is 36.1 Å². The Bertz CT molecular complexity index is 928. The molecular formula is C24H33N3O3. The van der Waals surface area contributed by atoms with Gasteiger partial charge in [0.2, 0.25) is 0 Å². The van der Waals surface area contributed by atoms with Crippen molar-refractivity contribution in [1.82, 2.24) is 4.98 Å². The molecule has 6 heteroatoms. The first kappa shape index (κ1) is 22.1. The molecular weight excluding hydrogens is 378 g/mol. The molecule has 6 nitrogen and oxygen atoms in total. The van der Waals surface area contributed by atoms with Crippen molar-refractivity contribution < 1.29 is 14.3 Å². The van der Waals surface area contributed by atoms with Gasteiger partial charge in [0.05, 0.1) is 18.9 Å². The Morgan fingerprint density at radius 2 is 1.73 bits per heavy atom. The number of aryl methyl sites for hydroxylation is 2. The van der Waals surface area contributed by atoms with Crippen LogP contribution >= 0.6 is 0 Å². The highest BCUT2D eigenvalue weighted by Gasteiger charge is 2.28. The highest BCUT2D eigenvalue weighted by Crippen LogP contribution is 2.34.